The second-order valence-electron chi connectivity index (χ2n) is 10.4. The van der Waals surface area contributed by atoms with Crippen LogP contribution < -0.4 is 4.90 Å². The third-order valence-corrected chi connectivity index (χ3v) is 9.23. The maximum Gasteiger partial charge on any atom is 0.348 e. The van der Waals surface area contributed by atoms with Crippen LogP contribution >= 0.6 is 11.3 Å². The summed E-state index contributed by atoms with van der Waals surface area (Å²) in [6.07, 6.45) is 12.4. The van der Waals surface area contributed by atoms with Gasteiger partial charge in [-0.15, -0.1) is 11.3 Å². The molecule has 182 valence electrons. The van der Waals surface area contributed by atoms with Gasteiger partial charge in [0.2, 0.25) is 5.91 Å². The summed E-state index contributed by atoms with van der Waals surface area (Å²) in [6, 6.07) is 11.9. The first-order chi connectivity index (χ1) is 16.6. The van der Waals surface area contributed by atoms with E-state index in [0.29, 0.717) is 24.1 Å². The molecule has 1 unspecified atom stereocenters. The van der Waals surface area contributed by atoms with Gasteiger partial charge < -0.3 is 10.0 Å². The van der Waals surface area contributed by atoms with Crippen LogP contribution in [0.3, 0.4) is 0 Å². The monoisotopic (exact) mass is 480 g/mol. The van der Waals surface area contributed by atoms with Crippen molar-refractivity contribution >= 4 is 28.9 Å². The average molecular weight is 481 g/mol. The van der Waals surface area contributed by atoms with Crippen molar-refractivity contribution in [1.82, 2.24) is 4.90 Å². The molecule has 1 aliphatic heterocycles. The molecule has 2 aromatic rings. The minimum atomic E-state index is -0.943. The average Bonchev–Trinajstić information content (AvgIpc) is 3.31. The van der Waals surface area contributed by atoms with Crippen molar-refractivity contribution in [2.75, 3.05) is 24.5 Å². The van der Waals surface area contributed by atoms with Crippen LogP contribution in [-0.4, -0.2) is 47.6 Å². The third-order valence-electron chi connectivity index (χ3n) is 8.06. The topological polar surface area (TPSA) is 60.9 Å². The largest absolute Gasteiger partial charge is 0.477 e. The zero-order valence-corrected chi connectivity index (χ0v) is 20.8. The first-order valence-electron chi connectivity index (χ1n) is 13.1. The number of nitrogens with zero attached hydrogens (tertiary/aromatic N) is 2. The number of hydrogen-bond acceptors (Lipinski definition) is 4. The van der Waals surface area contributed by atoms with E-state index in [4.69, 9.17) is 0 Å². The Hall–Kier alpha value is -2.18. The minimum absolute atomic E-state index is 0.0569. The molecule has 1 atom stereocenters. The number of carboxylic acid groups (broad SMARTS) is 1. The molecule has 2 heterocycles. The van der Waals surface area contributed by atoms with E-state index in [0.717, 1.165) is 36.4 Å². The summed E-state index contributed by atoms with van der Waals surface area (Å²) in [5.74, 6) is 0.258. The molecule has 2 saturated carbocycles. The summed E-state index contributed by atoms with van der Waals surface area (Å²) in [5, 5.41) is 10.1. The molecule has 0 bridgehead atoms. The molecule has 0 spiro atoms. The van der Waals surface area contributed by atoms with Gasteiger partial charge in [-0.25, -0.2) is 4.79 Å². The molecule has 3 aliphatic rings. The van der Waals surface area contributed by atoms with E-state index >= 15 is 0 Å². The lowest BCUT2D eigenvalue weighted by molar-refractivity contribution is -0.123. The number of carbonyl (C=O) groups excluding carboxylic acids is 1. The second-order valence-corrected chi connectivity index (χ2v) is 11.5. The van der Waals surface area contributed by atoms with Gasteiger partial charge in [0.25, 0.3) is 0 Å². The Morgan fingerprint density at radius 2 is 1.65 bits per heavy atom. The summed E-state index contributed by atoms with van der Waals surface area (Å²) >= 11 is 1.29. The molecule has 2 aliphatic carbocycles. The van der Waals surface area contributed by atoms with Gasteiger partial charge in [-0.3, -0.25) is 9.69 Å². The number of anilines is 1. The summed E-state index contributed by atoms with van der Waals surface area (Å²) < 4.78 is 0. The van der Waals surface area contributed by atoms with Gasteiger partial charge in [0.15, 0.2) is 0 Å². The number of aromatic carboxylic acids is 1. The highest BCUT2D eigenvalue weighted by molar-refractivity contribution is 7.18. The molecular formula is C28H36N2O3S. The van der Waals surface area contributed by atoms with E-state index in [2.05, 4.69) is 4.90 Å². The van der Waals surface area contributed by atoms with Crippen LogP contribution in [0, 0.1) is 11.8 Å². The third kappa shape index (κ3) is 5.08. The van der Waals surface area contributed by atoms with Crippen molar-refractivity contribution in [2.45, 2.75) is 70.3 Å². The van der Waals surface area contributed by atoms with E-state index in [1.807, 2.05) is 41.3 Å². The molecule has 3 fully saturated rings. The van der Waals surface area contributed by atoms with Crippen LogP contribution in [0.5, 0.6) is 0 Å². The van der Waals surface area contributed by atoms with Gasteiger partial charge in [-0.05, 0) is 49.1 Å². The van der Waals surface area contributed by atoms with E-state index in [1.54, 1.807) is 0 Å². The van der Waals surface area contributed by atoms with Gasteiger partial charge in [-0.1, -0.05) is 68.9 Å². The Kier molecular flexibility index (Phi) is 7.35. The molecular weight excluding hydrogens is 444 g/mol. The molecule has 1 amide bonds. The Morgan fingerprint density at radius 1 is 0.971 bits per heavy atom. The molecule has 1 aromatic heterocycles. The van der Waals surface area contributed by atoms with Gasteiger partial charge in [0.1, 0.15) is 4.88 Å². The number of thiophene rings is 1. The number of carbonyl (C=O) groups is 2. The van der Waals surface area contributed by atoms with Crippen LogP contribution in [0.1, 0.15) is 73.9 Å². The zero-order chi connectivity index (χ0) is 23.5. The fourth-order valence-corrected chi connectivity index (χ4v) is 7.38. The van der Waals surface area contributed by atoms with Crippen molar-refractivity contribution in [3.8, 4) is 10.4 Å². The van der Waals surface area contributed by atoms with Gasteiger partial charge in [-0.2, -0.15) is 0 Å². The highest BCUT2D eigenvalue weighted by Gasteiger charge is 2.41. The Bertz CT molecular complexity index is 992. The molecule has 34 heavy (non-hydrogen) atoms. The lowest BCUT2D eigenvalue weighted by Crippen LogP contribution is -2.60. The summed E-state index contributed by atoms with van der Waals surface area (Å²) in [7, 11) is 0. The lowest BCUT2D eigenvalue weighted by atomic mass is 9.81. The van der Waals surface area contributed by atoms with Crippen LogP contribution in [0.4, 0.5) is 5.69 Å². The van der Waals surface area contributed by atoms with Crippen molar-refractivity contribution in [3.05, 3.63) is 41.3 Å². The van der Waals surface area contributed by atoms with Crippen LogP contribution in [0.2, 0.25) is 0 Å². The number of benzene rings is 1. The number of carboxylic acids is 1. The number of amides is 1. The van der Waals surface area contributed by atoms with Crippen molar-refractivity contribution in [1.29, 1.82) is 0 Å². The first-order valence-corrected chi connectivity index (χ1v) is 13.9. The van der Waals surface area contributed by atoms with Gasteiger partial charge in [0.05, 0.1) is 18.3 Å². The van der Waals surface area contributed by atoms with E-state index in [-0.39, 0.29) is 16.8 Å². The Balaban J connectivity index is 1.47. The Labute approximate surface area is 206 Å². The molecule has 6 heteroatoms. The summed E-state index contributed by atoms with van der Waals surface area (Å²) in [5.41, 5.74) is 1.60. The highest BCUT2D eigenvalue weighted by Crippen LogP contribution is 2.41. The maximum absolute atomic E-state index is 13.7. The number of hydrogen-bond donors (Lipinski definition) is 1. The quantitative estimate of drug-likeness (QED) is 0.528. The number of rotatable bonds is 6. The molecule has 1 aromatic carbocycles. The predicted octanol–water partition coefficient (Wildman–Crippen LogP) is 6.29. The summed E-state index contributed by atoms with van der Waals surface area (Å²) in [6.45, 7) is 2.27. The summed E-state index contributed by atoms with van der Waals surface area (Å²) in [4.78, 5) is 31.5. The molecule has 5 nitrogen and oxygen atoms in total. The minimum Gasteiger partial charge on any atom is -0.477 e. The first kappa shape index (κ1) is 23.6. The van der Waals surface area contributed by atoms with E-state index < -0.39 is 5.97 Å². The molecule has 1 N–H and O–H groups in total. The van der Waals surface area contributed by atoms with Crippen LogP contribution in [-0.2, 0) is 4.79 Å². The van der Waals surface area contributed by atoms with Crippen molar-refractivity contribution < 1.29 is 14.7 Å². The maximum atomic E-state index is 13.7. The smallest absolute Gasteiger partial charge is 0.348 e. The zero-order valence-electron chi connectivity index (χ0n) is 20.0. The fourth-order valence-electron chi connectivity index (χ4n) is 6.39. The van der Waals surface area contributed by atoms with Gasteiger partial charge in [0, 0.05) is 18.0 Å². The van der Waals surface area contributed by atoms with E-state index in [9.17, 15) is 14.7 Å². The Morgan fingerprint density at radius 3 is 2.32 bits per heavy atom. The highest BCUT2D eigenvalue weighted by atomic mass is 32.1. The van der Waals surface area contributed by atoms with Crippen molar-refractivity contribution in [2.24, 2.45) is 11.8 Å². The van der Waals surface area contributed by atoms with Gasteiger partial charge >= 0.3 is 5.97 Å². The standard InChI is InChI=1S/C28H36N2O3S/c31-26-19-29(17-20-10-4-1-5-11-20)18-24(21-12-6-2-7-13-21)30(26)23-16-25(34-27(23)28(32)33)22-14-8-3-9-15-22/h3,8-9,14-16,20-21,24H,1-2,4-7,10-13,17-19H2,(H,32,33). The lowest BCUT2D eigenvalue weighted by Gasteiger charge is -2.46. The van der Waals surface area contributed by atoms with Crippen LogP contribution in [0.15, 0.2) is 36.4 Å². The van der Waals surface area contributed by atoms with Crippen LogP contribution in [0.25, 0.3) is 10.4 Å². The molecule has 5 rings (SSSR count). The molecule has 0 radical (unpaired) electrons. The number of piperazine rings is 1. The van der Waals surface area contributed by atoms with E-state index in [1.165, 1.54) is 62.7 Å². The molecule has 1 saturated heterocycles. The normalized spacial score (nSPS) is 23.4. The predicted molar refractivity (Wildman–Crippen MR) is 138 cm³/mol. The second kappa shape index (κ2) is 10.6. The van der Waals surface area contributed by atoms with Crippen molar-refractivity contribution in [3.63, 3.8) is 0 Å². The fraction of sp³-hybridized carbons (Fsp3) is 0.571. The SMILES string of the molecule is O=C(O)c1sc(-c2ccccc2)cc1N1C(=O)CN(CC2CCCCC2)CC1C1CCCCC1.